The predicted octanol–water partition coefficient (Wildman–Crippen LogP) is 0.800. The monoisotopic (exact) mass is 390 g/mol. The van der Waals surface area contributed by atoms with Crippen LogP contribution >= 0.6 is 0 Å². The van der Waals surface area contributed by atoms with E-state index in [9.17, 15) is 0 Å². The Hall–Kier alpha value is 0.476. The topological polar surface area (TPSA) is 77.5 Å². The molecule has 0 amide bonds. The van der Waals surface area contributed by atoms with Gasteiger partial charge in [0.05, 0.1) is 0 Å². The third kappa shape index (κ3) is 8.23. The molecule has 1 N–H and O–H groups in total. The van der Waals surface area contributed by atoms with Gasteiger partial charge in [0.25, 0.3) is 0 Å². The quantitative estimate of drug-likeness (QED) is 0.431. The van der Waals surface area contributed by atoms with Crippen LogP contribution in [-0.2, 0) is 9.47 Å². The van der Waals surface area contributed by atoms with Crippen molar-refractivity contribution in [2.24, 2.45) is 15.6 Å². The first-order valence-electron chi connectivity index (χ1n) is 5.01. The van der Waals surface area contributed by atoms with E-state index in [-0.39, 0.29) is 44.0 Å². The van der Waals surface area contributed by atoms with E-state index < -0.39 is 5.79 Å². The first-order chi connectivity index (χ1) is 7.47. The van der Waals surface area contributed by atoms with Gasteiger partial charge in [-0.15, -0.1) is 0 Å². The fourth-order valence-corrected chi connectivity index (χ4v) is 1.07. The van der Waals surface area contributed by atoms with Crippen molar-refractivity contribution in [2.75, 3.05) is 33.9 Å². The largest absolute Gasteiger partial charge is 0.400 e. The molecule has 103 valence electrons. The summed E-state index contributed by atoms with van der Waals surface area (Å²) in [5, 5.41) is 14.4. The summed E-state index contributed by atoms with van der Waals surface area (Å²) in [5.41, 5.74) is -0.330. The molecule has 1 saturated heterocycles. The molecule has 0 atom stereocenters. The van der Waals surface area contributed by atoms with Gasteiger partial charge in [0, 0.05) is 58.9 Å². The van der Waals surface area contributed by atoms with Crippen molar-refractivity contribution in [3.63, 3.8) is 0 Å². The molecule has 1 aliphatic rings. The molecule has 1 rings (SSSR count). The summed E-state index contributed by atoms with van der Waals surface area (Å²) in [4.78, 5) is 3.55. The summed E-state index contributed by atoms with van der Waals surface area (Å²) < 4.78 is 11.0. The van der Waals surface area contributed by atoms with Gasteiger partial charge in [-0.1, -0.05) is 5.41 Å². The van der Waals surface area contributed by atoms with Crippen LogP contribution in [0.4, 0.5) is 0 Å². The molecular formula is C10H21N3O3Tb. The van der Waals surface area contributed by atoms with E-state index in [1.807, 2.05) is 13.8 Å². The van der Waals surface area contributed by atoms with Gasteiger partial charge in [-0.05, 0) is 13.8 Å². The minimum Gasteiger partial charge on any atom is -0.400 e. The van der Waals surface area contributed by atoms with Crippen molar-refractivity contribution >= 4 is 0 Å². The number of hydrogen-bond donors (Lipinski definition) is 1. The van der Waals surface area contributed by atoms with Crippen LogP contribution in [0.1, 0.15) is 13.8 Å². The Kier molecular flexibility index (Phi) is 11.0. The van der Waals surface area contributed by atoms with Crippen molar-refractivity contribution < 1.29 is 53.2 Å². The summed E-state index contributed by atoms with van der Waals surface area (Å²) >= 11 is 0. The number of hydrogen-bond acceptors (Lipinski definition) is 5. The van der Waals surface area contributed by atoms with Gasteiger partial charge < -0.3 is 21.5 Å². The molecule has 7 heteroatoms. The van der Waals surface area contributed by atoms with Crippen LogP contribution in [0, 0.1) is 51.0 Å². The molecule has 0 aromatic heterocycles. The molecule has 0 bridgehead atoms. The van der Waals surface area contributed by atoms with Gasteiger partial charge in [-0.2, -0.15) is 0 Å². The number of aliphatic hydroxyl groups excluding tert-OH is 1. The van der Waals surface area contributed by atoms with E-state index in [0.29, 0.717) is 19.8 Å². The normalized spacial score (nSPS) is 19.9. The van der Waals surface area contributed by atoms with E-state index in [4.69, 9.17) is 14.6 Å². The number of aliphatic hydroxyl groups is 1. The summed E-state index contributed by atoms with van der Waals surface area (Å²) in [6.45, 7) is 9.32. The molecule has 0 aromatic rings. The average Bonchev–Trinajstić information content (AvgIpc) is 2.27. The fraction of sp³-hybridized carbons (Fsp3) is 0.900. The van der Waals surface area contributed by atoms with Gasteiger partial charge in [0.15, 0.2) is 5.79 Å². The Labute approximate surface area is 133 Å². The molecule has 1 radical (unpaired) electrons. The smallest absolute Gasteiger partial charge is 0.216 e. The van der Waals surface area contributed by atoms with E-state index >= 15 is 0 Å². The molecule has 0 aliphatic carbocycles. The maximum absolute atomic E-state index is 7.00. The number of ether oxygens (including phenoxy) is 2. The van der Waals surface area contributed by atoms with Crippen LogP contribution in [0.25, 0.3) is 0 Å². The first-order valence-corrected chi connectivity index (χ1v) is 5.01. The van der Waals surface area contributed by atoms with Gasteiger partial charge in [-0.3, -0.25) is 0 Å². The Morgan fingerprint density at radius 3 is 2.18 bits per heavy atom. The maximum atomic E-state index is 7.00. The molecule has 0 aromatic carbocycles. The number of rotatable bonds is 2. The summed E-state index contributed by atoms with van der Waals surface area (Å²) in [6, 6.07) is 0. The van der Waals surface area contributed by atoms with Gasteiger partial charge in [0.1, 0.15) is 23.8 Å². The Morgan fingerprint density at radius 1 is 1.29 bits per heavy atom. The van der Waals surface area contributed by atoms with Gasteiger partial charge in [-0.25, -0.2) is 0 Å². The van der Waals surface area contributed by atoms with Crippen LogP contribution in [0.15, 0.2) is 10.2 Å². The SMILES string of the molecule is CO.[CH2-]C1(CN=[N+]=NC)COC(C)(C)OC1.[Tb]. The van der Waals surface area contributed by atoms with Crippen LogP contribution in [0.2, 0.25) is 0 Å². The molecular weight excluding hydrogens is 369 g/mol. The molecule has 0 spiro atoms. The van der Waals surface area contributed by atoms with Crippen molar-refractivity contribution in [1.82, 2.24) is 4.91 Å². The second-order valence-electron chi connectivity index (χ2n) is 4.07. The average molecular weight is 390 g/mol. The summed E-state index contributed by atoms with van der Waals surface area (Å²) in [7, 11) is 2.58. The summed E-state index contributed by atoms with van der Waals surface area (Å²) in [5.74, 6) is -0.506. The molecule has 0 saturated carbocycles. The summed E-state index contributed by atoms with van der Waals surface area (Å²) in [6.07, 6.45) is 0. The first kappa shape index (κ1) is 19.8. The maximum Gasteiger partial charge on any atom is 0.216 e. The van der Waals surface area contributed by atoms with Crippen molar-refractivity contribution in [3.05, 3.63) is 6.92 Å². The molecule has 0 unspecified atom stereocenters. The van der Waals surface area contributed by atoms with Gasteiger partial charge >= 0.3 is 0 Å². The molecule has 17 heavy (non-hydrogen) atoms. The zero-order valence-corrected chi connectivity index (χ0v) is 12.9. The standard InChI is InChI=1S/C9H17N3O2.CH4O.Tb/c1-8(2)13-6-9(3,7-14-8)5-11-12-10-4;1-2;/h3,5-7H2,1-2,4H3;2H,1H3;. The second kappa shape index (κ2) is 9.41. The molecule has 1 aliphatic heterocycles. The molecule has 1 heterocycles. The van der Waals surface area contributed by atoms with Crippen molar-refractivity contribution in [3.8, 4) is 0 Å². The van der Waals surface area contributed by atoms with E-state index in [0.717, 1.165) is 7.11 Å². The van der Waals surface area contributed by atoms with Crippen molar-refractivity contribution in [2.45, 2.75) is 19.6 Å². The Bertz CT molecular complexity index is 256. The van der Waals surface area contributed by atoms with Crippen LogP contribution < -0.4 is 4.91 Å². The van der Waals surface area contributed by atoms with Crippen LogP contribution in [0.3, 0.4) is 0 Å². The Morgan fingerprint density at radius 2 is 1.76 bits per heavy atom. The van der Waals surface area contributed by atoms with Crippen molar-refractivity contribution in [1.29, 1.82) is 0 Å². The van der Waals surface area contributed by atoms with E-state index in [1.54, 1.807) is 7.05 Å². The third-order valence-electron chi connectivity index (χ3n) is 2.01. The fourth-order valence-electron chi connectivity index (χ4n) is 1.07. The van der Waals surface area contributed by atoms with Crippen LogP contribution in [-0.4, -0.2) is 44.8 Å². The minimum atomic E-state index is -0.506. The zero-order valence-electron chi connectivity index (χ0n) is 10.8. The molecule has 1 fully saturated rings. The number of nitrogens with zero attached hydrogens (tertiary/aromatic N) is 3. The molecule has 6 nitrogen and oxygen atoms in total. The third-order valence-corrected chi connectivity index (χ3v) is 2.01. The van der Waals surface area contributed by atoms with Gasteiger partial charge in [0.2, 0.25) is 4.91 Å². The van der Waals surface area contributed by atoms with E-state index in [1.165, 1.54) is 0 Å². The zero-order chi connectivity index (χ0) is 12.7. The minimum absolute atomic E-state index is 0. The predicted molar refractivity (Wildman–Crippen MR) is 59.7 cm³/mol. The Balaban J connectivity index is 0. The second-order valence-corrected chi connectivity index (χ2v) is 4.07. The van der Waals surface area contributed by atoms with E-state index in [2.05, 4.69) is 22.1 Å². The van der Waals surface area contributed by atoms with Crippen LogP contribution in [0.5, 0.6) is 0 Å².